The zero-order chi connectivity index (χ0) is 10.4. The van der Waals surface area contributed by atoms with Crippen molar-refractivity contribution in [3.05, 3.63) is 0 Å². The van der Waals surface area contributed by atoms with Gasteiger partial charge in [-0.15, -0.1) is 0 Å². The lowest BCUT2D eigenvalue weighted by molar-refractivity contribution is 0.126. The second-order valence-electron chi connectivity index (χ2n) is 3.64. The van der Waals surface area contributed by atoms with Crippen molar-refractivity contribution in [3.63, 3.8) is 0 Å². The second kappa shape index (κ2) is 5.65. The van der Waals surface area contributed by atoms with Crippen LogP contribution in [0.5, 0.6) is 0 Å². The van der Waals surface area contributed by atoms with E-state index in [-0.39, 0.29) is 5.75 Å². The van der Waals surface area contributed by atoms with Gasteiger partial charge in [-0.25, -0.2) is 13.6 Å². The molecule has 0 spiro atoms. The first-order valence-electron chi connectivity index (χ1n) is 4.87. The molecule has 3 N–H and O–H groups in total. The minimum atomic E-state index is -3.32. The largest absolute Gasteiger partial charge is 0.380 e. The van der Waals surface area contributed by atoms with Gasteiger partial charge in [0.2, 0.25) is 10.0 Å². The van der Waals surface area contributed by atoms with Crippen LogP contribution in [0.25, 0.3) is 0 Å². The number of ether oxygens (including phenoxy) is 1. The van der Waals surface area contributed by atoms with Crippen LogP contribution in [-0.2, 0) is 14.8 Å². The Labute approximate surface area is 85.1 Å². The zero-order valence-electron chi connectivity index (χ0n) is 8.24. The molecule has 6 heteroatoms. The molecule has 0 radical (unpaired) electrons. The first-order valence-corrected chi connectivity index (χ1v) is 6.58. The minimum absolute atomic E-state index is 0.0182. The molecule has 0 aliphatic heterocycles. The normalized spacial score (nSPS) is 17.2. The number of sulfonamides is 1. The maximum atomic E-state index is 10.5. The van der Waals surface area contributed by atoms with Crippen LogP contribution < -0.4 is 10.5 Å². The molecule has 0 bridgehead atoms. The van der Waals surface area contributed by atoms with E-state index in [2.05, 4.69) is 5.32 Å². The molecule has 0 amide bonds. The highest BCUT2D eigenvalue weighted by Crippen LogP contribution is 2.28. The molecular weight excluding hydrogens is 204 g/mol. The Morgan fingerprint density at radius 3 is 2.64 bits per heavy atom. The first-order chi connectivity index (χ1) is 6.58. The maximum absolute atomic E-state index is 10.5. The maximum Gasteiger partial charge on any atom is 0.210 e. The van der Waals surface area contributed by atoms with Crippen LogP contribution in [0.1, 0.15) is 12.8 Å². The highest BCUT2D eigenvalue weighted by molar-refractivity contribution is 7.89. The minimum Gasteiger partial charge on any atom is -0.380 e. The summed E-state index contributed by atoms with van der Waals surface area (Å²) in [5.41, 5.74) is 0. The standard InChI is InChI=1S/C8H18N2O3S/c9-14(11,12)6-4-10-3-5-13-7-8-1-2-8/h8,10H,1-7H2,(H2,9,11,12). The summed E-state index contributed by atoms with van der Waals surface area (Å²) in [6, 6.07) is 0. The van der Waals surface area contributed by atoms with Crippen LogP contribution in [0.3, 0.4) is 0 Å². The molecule has 5 nitrogen and oxygen atoms in total. The Hall–Kier alpha value is -0.170. The molecule has 0 saturated heterocycles. The van der Waals surface area contributed by atoms with E-state index in [1.54, 1.807) is 0 Å². The fraction of sp³-hybridized carbons (Fsp3) is 1.00. The molecule has 14 heavy (non-hydrogen) atoms. The Morgan fingerprint density at radius 1 is 1.36 bits per heavy atom. The van der Waals surface area contributed by atoms with Crippen LogP contribution >= 0.6 is 0 Å². The first kappa shape index (κ1) is 11.9. The van der Waals surface area contributed by atoms with Crippen LogP contribution in [0.4, 0.5) is 0 Å². The van der Waals surface area contributed by atoms with E-state index in [1.807, 2.05) is 0 Å². The number of hydrogen-bond acceptors (Lipinski definition) is 4. The molecule has 84 valence electrons. The lowest BCUT2D eigenvalue weighted by Gasteiger charge is -2.04. The molecule has 1 fully saturated rings. The smallest absolute Gasteiger partial charge is 0.210 e. The van der Waals surface area contributed by atoms with Gasteiger partial charge in [0.15, 0.2) is 0 Å². The van der Waals surface area contributed by atoms with Gasteiger partial charge in [-0.2, -0.15) is 0 Å². The van der Waals surface area contributed by atoms with Crippen LogP contribution in [0.15, 0.2) is 0 Å². The van der Waals surface area contributed by atoms with Gasteiger partial charge in [-0.3, -0.25) is 0 Å². The average Bonchev–Trinajstić information content (AvgIpc) is 2.84. The van der Waals surface area contributed by atoms with Crippen LogP contribution in [0, 0.1) is 5.92 Å². The molecular formula is C8H18N2O3S. The summed E-state index contributed by atoms with van der Waals surface area (Å²) in [7, 11) is -3.32. The van der Waals surface area contributed by atoms with Gasteiger partial charge in [-0.1, -0.05) is 0 Å². The average molecular weight is 222 g/mol. The van der Waals surface area contributed by atoms with Crippen LogP contribution in [0.2, 0.25) is 0 Å². The molecule has 0 aromatic heterocycles. The summed E-state index contributed by atoms with van der Waals surface area (Å²) in [5, 5.41) is 7.78. The van der Waals surface area contributed by atoms with Crippen LogP contribution in [-0.4, -0.2) is 40.5 Å². The number of primary sulfonamides is 1. The summed E-state index contributed by atoms with van der Waals surface area (Å²) >= 11 is 0. The molecule has 1 aliphatic carbocycles. The molecule has 1 saturated carbocycles. The molecule has 1 rings (SSSR count). The van der Waals surface area contributed by atoms with Crippen molar-refractivity contribution < 1.29 is 13.2 Å². The monoisotopic (exact) mass is 222 g/mol. The van der Waals surface area contributed by atoms with E-state index in [0.29, 0.717) is 19.7 Å². The van der Waals surface area contributed by atoms with Gasteiger partial charge in [-0.05, 0) is 18.8 Å². The topological polar surface area (TPSA) is 81.4 Å². The van der Waals surface area contributed by atoms with E-state index in [0.717, 1.165) is 12.5 Å². The predicted molar refractivity (Wildman–Crippen MR) is 54.4 cm³/mol. The van der Waals surface area contributed by atoms with Gasteiger partial charge in [0, 0.05) is 19.7 Å². The Morgan fingerprint density at radius 2 is 2.07 bits per heavy atom. The number of hydrogen-bond donors (Lipinski definition) is 2. The summed E-state index contributed by atoms with van der Waals surface area (Å²) in [5.74, 6) is 0.759. The summed E-state index contributed by atoms with van der Waals surface area (Å²) in [6.07, 6.45) is 2.58. The van der Waals surface area contributed by atoms with Crippen molar-refractivity contribution in [3.8, 4) is 0 Å². The Kier molecular flexibility index (Phi) is 4.80. The zero-order valence-corrected chi connectivity index (χ0v) is 9.05. The number of nitrogens with two attached hydrogens (primary N) is 1. The van der Waals surface area contributed by atoms with Crippen molar-refractivity contribution in [2.75, 3.05) is 32.1 Å². The lowest BCUT2D eigenvalue weighted by atomic mass is 10.5. The van der Waals surface area contributed by atoms with E-state index in [4.69, 9.17) is 9.88 Å². The van der Waals surface area contributed by atoms with Crippen molar-refractivity contribution in [1.82, 2.24) is 5.32 Å². The van der Waals surface area contributed by atoms with E-state index >= 15 is 0 Å². The van der Waals surface area contributed by atoms with Crippen molar-refractivity contribution in [2.24, 2.45) is 11.1 Å². The van der Waals surface area contributed by atoms with Gasteiger partial charge >= 0.3 is 0 Å². The molecule has 0 unspecified atom stereocenters. The summed E-state index contributed by atoms with van der Waals surface area (Å²) in [4.78, 5) is 0. The molecule has 0 heterocycles. The second-order valence-corrected chi connectivity index (χ2v) is 5.37. The molecule has 0 atom stereocenters. The number of nitrogens with one attached hydrogen (secondary N) is 1. The Bertz CT molecular complexity index is 249. The van der Waals surface area contributed by atoms with E-state index in [1.165, 1.54) is 12.8 Å². The third kappa shape index (κ3) is 7.25. The van der Waals surface area contributed by atoms with Crippen molar-refractivity contribution in [2.45, 2.75) is 12.8 Å². The van der Waals surface area contributed by atoms with Crippen molar-refractivity contribution >= 4 is 10.0 Å². The SMILES string of the molecule is NS(=O)(=O)CCNCCOCC1CC1. The molecule has 1 aliphatic rings. The summed E-state index contributed by atoms with van der Waals surface area (Å²) < 4.78 is 26.4. The van der Waals surface area contributed by atoms with Gasteiger partial charge in [0.25, 0.3) is 0 Å². The van der Waals surface area contributed by atoms with E-state index in [9.17, 15) is 8.42 Å². The predicted octanol–water partition coefficient (Wildman–Crippen LogP) is -0.709. The third-order valence-electron chi connectivity index (χ3n) is 2.04. The highest BCUT2D eigenvalue weighted by atomic mass is 32.2. The molecule has 0 aromatic carbocycles. The van der Waals surface area contributed by atoms with Gasteiger partial charge in [0.1, 0.15) is 0 Å². The lowest BCUT2D eigenvalue weighted by Crippen LogP contribution is -2.29. The Balaban J connectivity index is 1.79. The third-order valence-corrected chi connectivity index (χ3v) is 2.81. The van der Waals surface area contributed by atoms with Gasteiger partial charge < -0.3 is 10.1 Å². The van der Waals surface area contributed by atoms with Gasteiger partial charge in [0.05, 0.1) is 12.4 Å². The fourth-order valence-electron chi connectivity index (χ4n) is 1.02. The van der Waals surface area contributed by atoms with Crippen molar-refractivity contribution in [1.29, 1.82) is 0 Å². The number of rotatable bonds is 8. The highest BCUT2D eigenvalue weighted by Gasteiger charge is 2.20. The molecule has 0 aromatic rings. The summed E-state index contributed by atoms with van der Waals surface area (Å²) in [6.45, 7) is 2.56. The van der Waals surface area contributed by atoms with E-state index < -0.39 is 10.0 Å². The fourth-order valence-corrected chi connectivity index (χ4v) is 1.45. The quantitative estimate of drug-likeness (QED) is 0.532.